The molecule has 29 heavy (non-hydrogen) atoms. The Morgan fingerprint density at radius 2 is 1.79 bits per heavy atom. The van der Waals surface area contributed by atoms with Crippen LogP contribution in [0.15, 0.2) is 42.0 Å². The fourth-order valence-corrected chi connectivity index (χ4v) is 3.38. The van der Waals surface area contributed by atoms with Crippen LogP contribution in [-0.4, -0.2) is 33.2 Å². The largest absolute Gasteiger partial charge is 0.496 e. The predicted molar refractivity (Wildman–Crippen MR) is 115 cm³/mol. The van der Waals surface area contributed by atoms with Crippen LogP contribution in [0.3, 0.4) is 0 Å². The summed E-state index contributed by atoms with van der Waals surface area (Å²) >= 11 is 5.86. The first-order valence-corrected chi connectivity index (χ1v) is 9.63. The molecule has 0 bridgehead atoms. The Hall–Kier alpha value is -3.17. The topological polar surface area (TPSA) is 74.6 Å². The second-order valence-corrected chi connectivity index (χ2v) is 7.03. The number of nitriles is 1. The predicted octanol–water partition coefficient (Wildman–Crippen LogP) is 4.50. The molecule has 0 unspecified atom stereocenters. The van der Waals surface area contributed by atoms with Crippen molar-refractivity contribution in [2.24, 2.45) is 0 Å². The fraction of sp³-hybridized carbons (Fsp3) is 0.273. The molecule has 7 heteroatoms. The molecule has 0 aliphatic carbocycles. The van der Waals surface area contributed by atoms with E-state index in [-0.39, 0.29) is 5.57 Å². The summed E-state index contributed by atoms with van der Waals surface area (Å²) in [5.74, 6) is 0.730. The quantitative estimate of drug-likeness (QED) is 0.559. The summed E-state index contributed by atoms with van der Waals surface area (Å²) in [4.78, 5) is 14.8. The summed E-state index contributed by atoms with van der Waals surface area (Å²) in [5.41, 5.74) is 2.04. The van der Waals surface area contributed by atoms with Crippen molar-refractivity contribution in [1.29, 1.82) is 5.26 Å². The molecule has 0 radical (unpaired) electrons. The summed E-state index contributed by atoms with van der Waals surface area (Å²) in [6.07, 6.45) is 3.77. The SMILES string of the molecule is COc1cc(N2CCCC2)c(OC)cc1/C=C(/C#N)C(=O)Nc1ccc(Cl)cc1. The first-order valence-electron chi connectivity index (χ1n) is 9.25. The third-order valence-electron chi connectivity index (χ3n) is 4.74. The molecule has 1 amide bonds. The van der Waals surface area contributed by atoms with E-state index in [1.54, 1.807) is 44.6 Å². The summed E-state index contributed by atoms with van der Waals surface area (Å²) in [6, 6.07) is 12.3. The van der Waals surface area contributed by atoms with Gasteiger partial charge in [0.25, 0.3) is 5.91 Å². The van der Waals surface area contributed by atoms with Crippen LogP contribution in [0.25, 0.3) is 6.08 Å². The van der Waals surface area contributed by atoms with Crippen molar-refractivity contribution >= 4 is 35.0 Å². The molecule has 0 aromatic heterocycles. The van der Waals surface area contributed by atoms with Gasteiger partial charge in [0.1, 0.15) is 23.1 Å². The number of ether oxygens (including phenoxy) is 2. The Morgan fingerprint density at radius 1 is 1.14 bits per heavy atom. The number of anilines is 2. The van der Waals surface area contributed by atoms with Crippen molar-refractivity contribution in [3.05, 3.63) is 52.6 Å². The number of amides is 1. The number of methoxy groups -OCH3 is 2. The zero-order valence-corrected chi connectivity index (χ0v) is 17.1. The maximum Gasteiger partial charge on any atom is 0.266 e. The van der Waals surface area contributed by atoms with E-state index in [1.165, 1.54) is 6.08 Å². The van der Waals surface area contributed by atoms with Crippen molar-refractivity contribution in [3.63, 3.8) is 0 Å². The fourth-order valence-electron chi connectivity index (χ4n) is 3.26. The Balaban J connectivity index is 1.92. The number of benzene rings is 2. The molecule has 1 heterocycles. The average Bonchev–Trinajstić information content (AvgIpc) is 3.27. The lowest BCUT2D eigenvalue weighted by Crippen LogP contribution is -2.18. The lowest BCUT2D eigenvalue weighted by Gasteiger charge is -2.22. The third kappa shape index (κ3) is 4.82. The van der Waals surface area contributed by atoms with E-state index in [1.807, 2.05) is 12.1 Å². The highest BCUT2D eigenvalue weighted by Gasteiger charge is 2.20. The Bertz CT molecular complexity index is 959. The van der Waals surface area contributed by atoms with Crippen molar-refractivity contribution in [1.82, 2.24) is 0 Å². The van der Waals surface area contributed by atoms with Gasteiger partial charge in [0.15, 0.2) is 0 Å². The van der Waals surface area contributed by atoms with Gasteiger partial charge in [-0.15, -0.1) is 0 Å². The van der Waals surface area contributed by atoms with Gasteiger partial charge in [0.05, 0.1) is 19.9 Å². The Morgan fingerprint density at radius 3 is 2.38 bits per heavy atom. The summed E-state index contributed by atoms with van der Waals surface area (Å²) < 4.78 is 11.1. The zero-order valence-electron chi connectivity index (χ0n) is 16.4. The number of hydrogen-bond acceptors (Lipinski definition) is 5. The molecule has 1 N–H and O–H groups in total. The number of carbonyl (C=O) groups is 1. The first-order chi connectivity index (χ1) is 14.0. The number of carbonyl (C=O) groups excluding carboxylic acids is 1. The minimum Gasteiger partial charge on any atom is -0.496 e. The van der Waals surface area contributed by atoms with E-state index in [2.05, 4.69) is 10.2 Å². The highest BCUT2D eigenvalue weighted by Crippen LogP contribution is 2.38. The van der Waals surface area contributed by atoms with Crippen molar-refractivity contribution in [2.75, 3.05) is 37.5 Å². The molecule has 1 fully saturated rings. The van der Waals surface area contributed by atoms with Gasteiger partial charge in [-0.05, 0) is 49.2 Å². The number of rotatable bonds is 6. The number of hydrogen-bond donors (Lipinski definition) is 1. The van der Waals surface area contributed by atoms with Crippen LogP contribution in [-0.2, 0) is 4.79 Å². The first kappa shape index (κ1) is 20.6. The van der Waals surface area contributed by atoms with Crippen LogP contribution < -0.4 is 19.7 Å². The van der Waals surface area contributed by atoms with E-state index in [0.29, 0.717) is 27.8 Å². The molecule has 3 rings (SSSR count). The van der Waals surface area contributed by atoms with Crippen LogP contribution in [0.4, 0.5) is 11.4 Å². The molecular formula is C22H22ClN3O3. The van der Waals surface area contributed by atoms with Gasteiger partial charge < -0.3 is 19.7 Å². The van der Waals surface area contributed by atoms with E-state index >= 15 is 0 Å². The van der Waals surface area contributed by atoms with Crippen LogP contribution in [0.1, 0.15) is 18.4 Å². The minimum absolute atomic E-state index is 0.0470. The summed E-state index contributed by atoms with van der Waals surface area (Å²) in [5, 5.41) is 12.8. The molecule has 1 saturated heterocycles. The molecule has 1 aliphatic heterocycles. The van der Waals surface area contributed by atoms with Gasteiger partial charge in [-0.25, -0.2) is 0 Å². The number of nitrogens with one attached hydrogen (secondary N) is 1. The van der Waals surface area contributed by atoms with Gasteiger partial charge in [-0.1, -0.05) is 11.6 Å². The maximum atomic E-state index is 12.5. The Labute approximate surface area is 175 Å². The number of halogens is 1. The van der Waals surface area contributed by atoms with Crippen LogP contribution in [0.5, 0.6) is 11.5 Å². The molecule has 1 aliphatic rings. The third-order valence-corrected chi connectivity index (χ3v) is 5.00. The highest BCUT2D eigenvalue weighted by atomic mass is 35.5. The molecule has 0 atom stereocenters. The van der Waals surface area contributed by atoms with E-state index < -0.39 is 5.91 Å². The van der Waals surface area contributed by atoms with E-state index in [9.17, 15) is 10.1 Å². The zero-order chi connectivity index (χ0) is 20.8. The lowest BCUT2D eigenvalue weighted by molar-refractivity contribution is -0.112. The molecule has 2 aromatic carbocycles. The molecule has 0 saturated carbocycles. The second-order valence-electron chi connectivity index (χ2n) is 6.59. The smallest absolute Gasteiger partial charge is 0.266 e. The lowest BCUT2D eigenvalue weighted by atomic mass is 10.1. The van der Waals surface area contributed by atoms with Crippen molar-refractivity contribution in [3.8, 4) is 17.6 Å². The van der Waals surface area contributed by atoms with Gasteiger partial charge in [0.2, 0.25) is 0 Å². The van der Waals surface area contributed by atoms with Gasteiger partial charge in [0, 0.05) is 35.4 Å². The van der Waals surface area contributed by atoms with Crippen LogP contribution >= 0.6 is 11.6 Å². The van der Waals surface area contributed by atoms with Gasteiger partial charge in [-0.2, -0.15) is 5.26 Å². The summed E-state index contributed by atoms with van der Waals surface area (Å²) in [7, 11) is 3.17. The van der Waals surface area contributed by atoms with E-state index in [4.69, 9.17) is 21.1 Å². The average molecular weight is 412 g/mol. The maximum absolute atomic E-state index is 12.5. The monoisotopic (exact) mass is 411 g/mol. The standard InChI is InChI=1S/C22H22ClN3O3/c1-28-20-13-19(26-9-3-4-10-26)21(29-2)12-15(20)11-16(14-24)22(27)25-18-7-5-17(23)6-8-18/h5-8,11-13H,3-4,9-10H2,1-2H3,(H,25,27)/b16-11-. The van der Waals surface area contributed by atoms with Gasteiger partial charge >= 0.3 is 0 Å². The molecular weight excluding hydrogens is 390 g/mol. The molecule has 150 valence electrons. The van der Waals surface area contributed by atoms with Gasteiger partial charge in [-0.3, -0.25) is 4.79 Å². The van der Waals surface area contributed by atoms with E-state index in [0.717, 1.165) is 31.6 Å². The Kier molecular flexibility index (Phi) is 6.63. The molecule has 2 aromatic rings. The second kappa shape index (κ2) is 9.35. The number of nitrogens with zero attached hydrogens (tertiary/aromatic N) is 2. The highest BCUT2D eigenvalue weighted by molar-refractivity contribution is 6.30. The van der Waals surface area contributed by atoms with Crippen LogP contribution in [0, 0.1) is 11.3 Å². The van der Waals surface area contributed by atoms with Crippen molar-refractivity contribution < 1.29 is 14.3 Å². The molecule has 6 nitrogen and oxygen atoms in total. The van der Waals surface area contributed by atoms with Crippen LogP contribution in [0.2, 0.25) is 5.02 Å². The molecule has 0 spiro atoms. The minimum atomic E-state index is -0.514. The van der Waals surface area contributed by atoms with Crippen molar-refractivity contribution in [2.45, 2.75) is 12.8 Å². The summed E-state index contributed by atoms with van der Waals surface area (Å²) in [6.45, 7) is 1.92. The normalized spacial score (nSPS) is 13.7.